The Balaban J connectivity index is -0.0000000866. The molecule has 8 aliphatic heterocycles. The van der Waals surface area contributed by atoms with E-state index in [4.69, 9.17) is 33.2 Å². The Morgan fingerprint density at radius 1 is 0.137 bits per heavy atom. The predicted octanol–water partition coefficient (Wildman–Crippen LogP) is 18.2. The Morgan fingerprint density at radius 2 is 0.315 bits per heavy atom. The molecule has 0 unspecified atom stereocenters. The molecule has 10 heteroatoms. The molecule has 73 heavy (non-hydrogen) atoms. The summed E-state index contributed by atoms with van der Waals surface area (Å²) in [6.07, 6.45) is 49.8. The van der Waals surface area contributed by atoms with Crippen LogP contribution >= 0.6 is 0 Å². The van der Waals surface area contributed by atoms with Crippen molar-refractivity contribution in [2.45, 2.75) is 292 Å². The number of ether oxygens (including phenoxy) is 7. The van der Waals surface area contributed by atoms with Gasteiger partial charge < -0.3 is 43.8 Å². The maximum atomic E-state index is 5.07. The average molecular weight is 1060 g/mol. The lowest BCUT2D eigenvalue weighted by Crippen LogP contribution is -2.21. The summed E-state index contributed by atoms with van der Waals surface area (Å²) in [5, 5.41) is 9.51. The molecule has 3 N–H and O–H groups in total. The number of rotatable bonds is 0. The molecule has 8 saturated heterocycles. The molecule has 4 aliphatic carbocycles. The molecule has 0 aromatic carbocycles. The lowest BCUT2D eigenvalue weighted by molar-refractivity contribution is -0.0334. The van der Waals surface area contributed by atoms with Gasteiger partial charge in [-0.2, -0.15) is 0 Å². The molecule has 10 nitrogen and oxygen atoms in total. The van der Waals surface area contributed by atoms with Crippen LogP contribution in [-0.4, -0.2) is 125 Å². The first kappa shape index (κ1) is 92.0. The fourth-order valence-electron chi connectivity index (χ4n) is 7.24. The second-order valence-corrected chi connectivity index (χ2v) is 18.6. The van der Waals surface area contributed by atoms with Crippen molar-refractivity contribution in [3.05, 3.63) is 0 Å². The van der Waals surface area contributed by atoms with E-state index in [0.29, 0.717) is 0 Å². The Hall–Kier alpha value is -0.400. The Labute approximate surface area is 464 Å². The third-order valence-corrected chi connectivity index (χ3v) is 12.3. The number of hydrogen-bond acceptors (Lipinski definition) is 10. The third kappa shape index (κ3) is 85.7. The highest BCUT2D eigenvalue weighted by Crippen LogP contribution is 2.17. The van der Waals surface area contributed by atoms with Gasteiger partial charge in [0.2, 0.25) is 0 Å². The van der Waals surface area contributed by atoms with Crippen molar-refractivity contribution >= 4 is 0 Å². The summed E-state index contributed by atoms with van der Waals surface area (Å²) in [5.41, 5.74) is 0. The zero-order valence-corrected chi connectivity index (χ0v) is 42.5. The maximum absolute atomic E-state index is 5.07. The van der Waals surface area contributed by atoms with E-state index in [2.05, 4.69) is 16.0 Å². The van der Waals surface area contributed by atoms with Gasteiger partial charge in [0.15, 0.2) is 0 Å². The molecule has 0 atom stereocenters. The van der Waals surface area contributed by atoms with Crippen LogP contribution in [0.25, 0.3) is 0 Å². The topological polar surface area (TPSA) is 101 Å². The summed E-state index contributed by atoms with van der Waals surface area (Å²) in [4.78, 5) is 0. The Kier molecular flexibility index (Phi) is 111. The van der Waals surface area contributed by atoms with Crippen LogP contribution in [0.3, 0.4) is 0 Å². The van der Waals surface area contributed by atoms with Crippen molar-refractivity contribution < 1.29 is 33.2 Å². The minimum absolute atomic E-state index is 0. The van der Waals surface area contributed by atoms with E-state index in [1.165, 1.54) is 251 Å². The van der Waals surface area contributed by atoms with E-state index < -0.39 is 0 Å². The molecule has 0 radical (unpaired) electrons. The molecule has 0 aromatic heterocycles. The van der Waals surface area contributed by atoms with Crippen LogP contribution in [0.5, 0.6) is 0 Å². The van der Waals surface area contributed by atoms with Gasteiger partial charge in [-0.1, -0.05) is 195 Å². The van der Waals surface area contributed by atoms with Crippen LogP contribution in [0.1, 0.15) is 292 Å². The monoisotopic (exact) mass is 1060 g/mol. The van der Waals surface area contributed by atoms with Gasteiger partial charge in [0, 0.05) is 59.4 Å². The van der Waals surface area contributed by atoms with E-state index in [0.717, 1.165) is 99.2 Å². The van der Waals surface area contributed by atoms with E-state index in [-0.39, 0.29) is 66.8 Å². The van der Waals surface area contributed by atoms with Crippen molar-refractivity contribution in [1.29, 1.82) is 0 Å². The summed E-state index contributed by atoms with van der Waals surface area (Å²) < 4.78 is 34.9. The molecule has 12 rings (SSSR count). The smallest absolute Gasteiger partial charge is 0.0966 e. The van der Waals surface area contributed by atoms with Crippen LogP contribution in [0.4, 0.5) is 0 Å². The highest BCUT2D eigenvalue weighted by Gasteiger charge is 2.00. The van der Waals surface area contributed by atoms with E-state index in [1.807, 2.05) is 0 Å². The molecule has 0 aromatic rings. The van der Waals surface area contributed by atoms with Gasteiger partial charge in [-0.25, -0.2) is 0 Å². The largest absolute Gasteiger partial charge is 0.381 e. The number of piperidine rings is 1. The highest BCUT2D eigenvalue weighted by molar-refractivity contribution is 4.57. The van der Waals surface area contributed by atoms with Gasteiger partial charge in [0.25, 0.3) is 0 Å². The van der Waals surface area contributed by atoms with E-state index in [1.54, 1.807) is 0 Å². The zero-order valence-electron chi connectivity index (χ0n) is 42.5. The summed E-state index contributed by atoms with van der Waals surface area (Å²) >= 11 is 0. The molecular formula is C63H147N3O7. The number of nitrogens with one attached hydrogen (secondary N) is 3. The third-order valence-electron chi connectivity index (χ3n) is 12.3. The predicted molar refractivity (Wildman–Crippen MR) is 332 cm³/mol. The molecule has 12 fully saturated rings. The lowest BCUT2D eigenvalue weighted by Gasteiger charge is -2.09. The van der Waals surface area contributed by atoms with Gasteiger partial charge in [0.1, 0.15) is 0 Å². The van der Waals surface area contributed by atoms with Gasteiger partial charge in [-0.05, 0) is 122 Å². The average Bonchev–Trinajstić information content (AvgIpc) is 4.23. The fourth-order valence-corrected chi connectivity index (χ4v) is 7.24. The first-order valence-corrected chi connectivity index (χ1v) is 28.2. The van der Waals surface area contributed by atoms with Crippen LogP contribution < -0.4 is 16.0 Å². The van der Waals surface area contributed by atoms with Gasteiger partial charge in [-0.15, -0.1) is 0 Å². The van der Waals surface area contributed by atoms with Crippen LogP contribution in [-0.2, 0) is 33.2 Å². The van der Waals surface area contributed by atoms with Gasteiger partial charge in [0.05, 0.1) is 39.8 Å². The SMILES string of the molecule is C.C.C.C.C.C.C.C.C.C1CCC1.C1CCC1.C1CCCC1.C1CCCCC1.C1CCNC1.C1CCNCC1.C1CCOC1.C1CCOCC1.C1CCOCC1.C1CCOCC1.C1COCCO1.C1COCN1. The summed E-state index contributed by atoms with van der Waals surface area (Å²) in [7, 11) is 0. The summed E-state index contributed by atoms with van der Waals surface area (Å²) in [6.45, 7) is 18.8. The minimum Gasteiger partial charge on any atom is -0.381 e. The normalized spacial score (nSPS) is 21.0. The van der Waals surface area contributed by atoms with Crippen LogP contribution in [0, 0.1) is 0 Å². The molecular weight excluding hydrogens is 911 g/mol. The van der Waals surface area contributed by atoms with Crippen molar-refractivity contribution in [3.63, 3.8) is 0 Å². The van der Waals surface area contributed by atoms with Crippen LogP contribution in [0.2, 0.25) is 0 Å². The van der Waals surface area contributed by atoms with Crippen molar-refractivity contribution in [1.82, 2.24) is 16.0 Å². The second-order valence-electron chi connectivity index (χ2n) is 18.6. The van der Waals surface area contributed by atoms with Gasteiger partial charge >= 0.3 is 0 Å². The van der Waals surface area contributed by atoms with Crippen LogP contribution in [0.15, 0.2) is 0 Å². The standard InChI is InChI=1S/C6H12.C5H11N.3C5H10O.C5H10.C4H9N.C4H8O2.C4H8O.2C4H8.C3H7NO.9CH4/c5*1-2-4-6-5-3-1;2*1-2-4-5-3-1;1-2-6-4-3-5-1;1-2-4-5-3-1;2*1-2-4-3-1;1-2-5-3-4-1;;;;;;;;;/h1-6H2;6H,1-5H2;3*1-5H2;1-5H2;5H,1-4H2;1-4H2;1-4H2;2*1-4H2;4H,1-3H2;9*1H4. The molecule has 12 aliphatic rings. The van der Waals surface area contributed by atoms with Crippen molar-refractivity contribution in [2.75, 3.05) is 125 Å². The van der Waals surface area contributed by atoms with E-state index in [9.17, 15) is 0 Å². The molecule has 8 heterocycles. The zero-order chi connectivity index (χ0) is 45.3. The summed E-state index contributed by atoms with van der Waals surface area (Å²) in [5.74, 6) is 0. The molecule has 0 amide bonds. The maximum Gasteiger partial charge on any atom is 0.0966 e. The summed E-state index contributed by atoms with van der Waals surface area (Å²) in [6, 6.07) is 0. The first-order chi connectivity index (χ1) is 32.0. The van der Waals surface area contributed by atoms with Crippen molar-refractivity contribution in [3.8, 4) is 0 Å². The van der Waals surface area contributed by atoms with Gasteiger partial charge in [-0.3, -0.25) is 5.32 Å². The molecule has 0 spiro atoms. The molecule has 0 bridgehead atoms. The number of hydrogen-bond donors (Lipinski definition) is 3. The Morgan fingerprint density at radius 3 is 0.411 bits per heavy atom. The minimum atomic E-state index is 0. The fraction of sp³-hybridized carbons (Fsp3) is 1.00. The quantitative estimate of drug-likeness (QED) is 0.217. The highest BCUT2D eigenvalue weighted by atomic mass is 16.6. The lowest BCUT2D eigenvalue weighted by atomic mass is 10.0. The first-order valence-electron chi connectivity index (χ1n) is 28.2. The van der Waals surface area contributed by atoms with E-state index >= 15 is 0 Å². The molecule has 4 saturated carbocycles. The second kappa shape index (κ2) is 88.2. The molecule has 456 valence electrons. The van der Waals surface area contributed by atoms with Crippen molar-refractivity contribution in [2.24, 2.45) is 0 Å². The Bertz CT molecular complexity index is 522.